The molecule has 0 amide bonds. The molecular formula is C24H24N2O4. The van der Waals surface area contributed by atoms with E-state index in [1.807, 2.05) is 30.3 Å². The van der Waals surface area contributed by atoms with Gasteiger partial charge < -0.3 is 9.26 Å². The number of piperidine rings is 1. The number of hydrogen-bond acceptors (Lipinski definition) is 6. The van der Waals surface area contributed by atoms with E-state index in [-0.39, 0.29) is 23.9 Å². The number of likely N-dealkylation sites (tertiary alicyclic amines) is 1. The lowest BCUT2D eigenvalue weighted by molar-refractivity contribution is -0.130. The third kappa shape index (κ3) is 3.10. The van der Waals surface area contributed by atoms with Crippen LogP contribution in [0.2, 0.25) is 0 Å². The van der Waals surface area contributed by atoms with Crippen molar-refractivity contribution in [2.24, 2.45) is 11.8 Å². The van der Waals surface area contributed by atoms with Crippen LogP contribution >= 0.6 is 0 Å². The molecule has 2 aromatic carbocycles. The summed E-state index contributed by atoms with van der Waals surface area (Å²) in [7, 11) is 0. The molecule has 2 unspecified atom stereocenters. The van der Waals surface area contributed by atoms with Crippen molar-refractivity contribution < 1.29 is 18.8 Å². The third-order valence-electron chi connectivity index (χ3n) is 6.98. The minimum Gasteiger partial charge on any atom is -0.492 e. The van der Waals surface area contributed by atoms with E-state index in [1.165, 1.54) is 19.5 Å². The van der Waals surface area contributed by atoms with Crippen LogP contribution in [-0.2, 0) is 9.59 Å². The molecule has 0 spiro atoms. The van der Waals surface area contributed by atoms with Crippen molar-refractivity contribution >= 4 is 33.3 Å². The fourth-order valence-corrected chi connectivity index (χ4v) is 5.23. The van der Waals surface area contributed by atoms with Gasteiger partial charge in [-0.1, -0.05) is 11.2 Å². The highest BCUT2D eigenvalue weighted by Crippen LogP contribution is 2.44. The van der Waals surface area contributed by atoms with Crippen LogP contribution in [0.3, 0.4) is 0 Å². The Labute approximate surface area is 174 Å². The Morgan fingerprint density at radius 1 is 1.13 bits per heavy atom. The van der Waals surface area contributed by atoms with Crippen LogP contribution in [0.15, 0.2) is 34.9 Å². The molecule has 30 heavy (non-hydrogen) atoms. The zero-order valence-electron chi connectivity index (χ0n) is 16.8. The molecule has 0 bridgehead atoms. The van der Waals surface area contributed by atoms with E-state index in [0.717, 1.165) is 40.3 Å². The molecule has 1 saturated heterocycles. The number of hydrogen-bond donors (Lipinski definition) is 0. The molecule has 2 saturated carbocycles. The number of carbonyl (C=O) groups is 2. The number of benzene rings is 2. The minimum absolute atomic E-state index is 0.000283. The van der Waals surface area contributed by atoms with Crippen LogP contribution in [0, 0.1) is 11.8 Å². The van der Waals surface area contributed by atoms with Crippen LogP contribution in [-0.4, -0.2) is 47.9 Å². The molecule has 3 aliphatic rings. The van der Waals surface area contributed by atoms with Crippen molar-refractivity contribution in [2.75, 3.05) is 26.2 Å². The highest BCUT2D eigenvalue weighted by Gasteiger charge is 2.44. The van der Waals surface area contributed by atoms with Crippen LogP contribution < -0.4 is 4.74 Å². The molecule has 154 valence electrons. The SMILES string of the molecule is O=C1CC[C@@H](c2noc3ccc4cc(OCCN5CC6CC6C5)ccc4c23)C(=O)C1. The molecule has 2 heterocycles. The van der Waals surface area contributed by atoms with Gasteiger partial charge in [-0.2, -0.15) is 0 Å². The van der Waals surface area contributed by atoms with Crippen molar-refractivity contribution in [3.8, 4) is 5.75 Å². The number of ketones is 2. The van der Waals surface area contributed by atoms with Crippen LogP contribution in [0.4, 0.5) is 0 Å². The summed E-state index contributed by atoms with van der Waals surface area (Å²) in [5, 5.41) is 7.14. The molecule has 3 fully saturated rings. The van der Waals surface area contributed by atoms with E-state index in [2.05, 4.69) is 10.1 Å². The summed E-state index contributed by atoms with van der Waals surface area (Å²) in [4.78, 5) is 26.6. The Kier molecular flexibility index (Phi) is 4.16. The number of ether oxygens (including phenoxy) is 1. The second-order valence-electron chi connectivity index (χ2n) is 9.03. The number of aromatic nitrogens is 1. The Hall–Kier alpha value is -2.73. The second kappa shape index (κ2) is 6.91. The van der Waals surface area contributed by atoms with E-state index < -0.39 is 0 Å². The summed E-state index contributed by atoms with van der Waals surface area (Å²) >= 11 is 0. The molecule has 3 aromatic rings. The molecule has 1 aliphatic heterocycles. The van der Waals surface area contributed by atoms with Gasteiger partial charge in [-0.25, -0.2) is 0 Å². The summed E-state index contributed by atoms with van der Waals surface area (Å²) in [5.74, 6) is 2.33. The van der Waals surface area contributed by atoms with Crippen molar-refractivity contribution in [1.29, 1.82) is 0 Å². The monoisotopic (exact) mass is 404 g/mol. The Morgan fingerprint density at radius 2 is 2.00 bits per heavy atom. The summed E-state index contributed by atoms with van der Waals surface area (Å²) in [5.41, 5.74) is 1.33. The van der Waals surface area contributed by atoms with Crippen molar-refractivity contribution in [2.45, 2.75) is 31.6 Å². The van der Waals surface area contributed by atoms with Gasteiger partial charge in [-0.3, -0.25) is 14.5 Å². The maximum Gasteiger partial charge on any atom is 0.167 e. The van der Waals surface area contributed by atoms with E-state index in [4.69, 9.17) is 9.26 Å². The first kappa shape index (κ1) is 18.1. The predicted molar refractivity (Wildman–Crippen MR) is 112 cm³/mol. The lowest BCUT2D eigenvalue weighted by atomic mass is 9.83. The summed E-state index contributed by atoms with van der Waals surface area (Å²) < 4.78 is 11.5. The van der Waals surface area contributed by atoms with Crippen LogP contribution in [0.5, 0.6) is 5.75 Å². The largest absolute Gasteiger partial charge is 0.492 e. The average molecular weight is 404 g/mol. The topological polar surface area (TPSA) is 72.6 Å². The second-order valence-corrected chi connectivity index (χ2v) is 9.03. The van der Waals surface area contributed by atoms with Crippen molar-refractivity contribution in [1.82, 2.24) is 10.1 Å². The van der Waals surface area contributed by atoms with Crippen LogP contribution in [0.1, 0.15) is 37.3 Å². The van der Waals surface area contributed by atoms with Gasteiger partial charge in [0.25, 0.3) is 0 Å². The number of fused-ring (bicyclic) bond motifs is 4. The zero-order valence-corrected chi connectivity index (χ0v) is 16.8. The molecule has 3 atom stereocenters. The molecular weight excluding hydrogens is 380 g/mol. The highest BCUT2D eigenvalue weighted by atomic mass is 16.5. The number of rotatable bonds is 5. The van der Waals surface area contributed by atoms with E-state index in [0.29, 0.717) is 30.7 Å². The summed E-state index contributed by atoms with van der Waals surface area (Å²) in [6.45, 7) is 4.12. The molecule has 0 radical (unpaired) electrons. The van der Waals surface area contributed by atoms with Gasteiger partial charge >= 0.3 is 0 Å². The molecule has 1 aromatic heterocycles. The normalized spacial score (nSPS) is 26.5. The van der Waals surface area contributed by atoms with E-state index >= 15 is 0 Å². The summed E-state index contributed by atoms with van der Waals surface area (Å²) in [6, 6.07) is 9.94. The molecule has 6 rings (SSSR count). The van der Waals surface area contributed by atoms with Crippen LogP contribution in [0.25, 0.3) is 21.7 Å². The average Bonchev–Trinajstić information content (AvgIpc) is 3.14. The zero-order chi connectivity index (χ0) is 20.2. The van der Waals surface area contributed by atoms with Gasteiger partial charge in [0.15, 0.2) is 5.58 Å². The maximum absolute atomic E-state index is 12.5. The fraction of sp³-hybridized carbons (Fsp3) is 0.458. The number of nitrogens with zero attached hydrogens (tertiary/aromatic N) is 2. The Morgan fingerprint density at radius 3 is 2.83 bits per heavy atom. The first-order valence-electron chi connectivity index (χ1n) is 10.9. The fourth-order valence-electron chi connectivity index (χ4n) is 5.23. The van der Waals surface area contributed by atoms with Gasteiger partial charge in [-0.15, -0.1) is 0 Å². The minimum atomic E-state index is -0.364. The maximum atomic E-state index is 12.5. The van der Waals surface area contributed by atoms with Gasteiger partial charge in [0, 0.05) is 26.1 Å². The lowest BCUT2D eigenvalue weighted by Crippen LogP contribution is -2.27. The first-order valence-corrected chi connectivity index (χ1v) is 10.9. The lowest BCUT2D eigenvalue weighted by Gasteiger charge is -2.18. The Balaban J connectivity index is 1.25. The highest BCUT2D eigenvalue weighted by molar-refractivity contribution is 6.11. The van der Waals surface area contributed by atoms with E-state index in [1.54, 1.807) is 0 Å². The third-order valence-corrected chi connectivity index (χ3v) is 6.98. The predicted octanol–water partition coefficient (Wildman–Crippen LogP) is 3.72. The quantitative estimate of drug-likeness (QED) is 0.604. The summed E-state index contributed by atoms with van der Waals surface area (Å²) in [6.07, 6.45) is 2.35. The van der Waals surface area contributed by atoms with Gasteiger partial charge in [0.05, 0.1) is 17.7 Å². The number of Topliss-reactive ketones (excluding diaryl/α,β-unsaturated/α-hetero) is 2. The first-order chi connectivity index (χ1) is 14.7. The molecule has 0 N–H and O–H groups in total. The van der Waals surface area contributed by atoms with Crippen molar-refractivity contribution in [3.05, 3.63) is 36.0 Å². The van der Waals surface area contributed by atoms with Crippen molar-refractivity contribution in [3.63, 3.8) is 0 Å². The standard InChI is InChI=1S/C24H24N2O4/c27-17-2-4-20(21(28)11-17)24-23-19-5-3-18(10-14(19)1-6-22(23)30-25-24)29-8-7-26-12-15-9-16(15)13-26/h1,3,5-6,10,15-16,20H,2,4,7-9,11-13H2/t15?,16?,20-/m1/s1. The molecule has 6 nitrogen and oxygen atoms in total. The van der Waals surface area contributed by atoms with Gasteiger partial charge in [0.1, 0.15) is 29.6 Å². The van der Waals surface area contributed by atoms with Gasteiger partial charge in [-0.05, 0) is 59.7 Å². The number of carbonyl (C=O) groups excluding carboxylic acids is 2. The Bertz CT molecular complexity index is 1160. The van der Waals surface area contributed by atoms with E-state index in [9.17, 15) is 9.59 Å². The molecule has 2 aliphatic carbocycles. The smallest absolute Gasteiger partial charge is 0.167 e. The van der Waals surface area contributed by atoms with Gasteiger partial charge in [0.2, 0.25) is 0 Å². The molecule has 6 heteroatoms.